The summed E-state index contributed by atoms with van der Waals surface area (Å²) in [6.45, 7) is -0.518. The number of carbonyl (C=O) groups excluding carboxylic acids is 1. The quantitative estimate of drug-likeness (QED) is 0.427. The van der Waals surface area contributed by atoms with Crippen LogP contribution in [0, 0.1) is 6.92 Å². The summed E-state index contributed by atoms with van der Waals surface area (Å²) < 4.78 is 29.0. The van der Waals surface area contributed by atoms with E-state index in [0.29, 0.717) is 17.7 Å². The van der Waals surface area contributed by atoms with Gasteiger partial charge in [-0.15, -0.1) is 0 Å². The predicted octanol–water partition coefficient (Wildman–Crippen LogP) is 3.99. The third kappa shape index (κ3) is 6.43. The maximum absolute atomic E-state index is 12.7. The smallest absolute Gasteiger partial charge is 0.387 e. The SMILES string of the molecule is Cc1cc(CN(C)C(=O)c2ccc(C[C@@H]3CC[C@H](C(O)c4ccc(OC(F)F)cc4)N3)cc2)n[nH]1. The molecule has 9 heteroatoms. The van der Waals surface area contributed by atoms with Crippen LogP contribution in [0.25, 0.3) is 0 Å². The molecule has 0 saturated carbocycles. The number of amides is 1. The van der Waals surface area contributed by atoms with Crippen molar-refractivity contribution in [3.8, 4) is 5.75 Å². The highest BCUT2D eigenvalue weighted by atomic mass is 19.3. The number of rotatable bonds is 9. The van der Waals surface area contributed by atoms with Gasteiger partial charge in [-0.05, 0) is 67.6 Å². The molecule has 4 rings (SSSR count). The number of carbonyl (C=O) groups is 1. The summed E-state index contributed by atoms with van der Waals surface area (Å²) >= 11 is 0. The van der Waals surface area contributed by atoms with Gasteiger partial charge < -0.3 is 20.1 Å². The minimum atomic E-state index is -2.87. The zero-order valence-electron chi connectivity index (χ0n) is 19.7. The Morgan fingerprint density at radius 2 is 1.89 bits per heavy atom. The van der Waals surface area contributed by atoms with Crippen LogP contribution in [0.2, 0.25) is 0 Å². The maximum Gasteiger partial charge on any atom is 0.387 e. The van der Waals surface area contributed by atoms with Crippen LogP contribution < -0.4 is 10.1 Å². The van der Waals surface area contributed by atoms with E-state index in [0.717, 1.165) is 36.2 Å². The molecule has 35 heavy (non-hydrogen) atoms. The van der Waals surface area contributed by atoms with Gasteiger partial charge in [-0.3, -0.25) is 9.89 Å². The molecule has 1 aliphatic heterocycles. The standard InChI is InChI=1S/C26H30F2N4O3/c1-16-13-21(31-30-16)15-32(2)25(34)19-5-3-17(4-6-19)14-20-9-12-23(29-20)24(33)18-7-10-22(11-8-18)35-26(27)28/h3-8,10-11,13,20,23-24,26,29,33H,9,12,14-15H2,1-2H3,(H,30,31)/t20-,23+,24?/m0/s1. The molecular weight excluding hydrogens is 454 g/mol. The highest BCUT2D eigenvalue weighted by Crippen LogP contribution is 2.28. The number of ether oxygens (including phenoxy) is 1. The van der Waals surface area contributed by atoms with Crippen molar-refractivity contribution in [2.75, 3.05) is 7.05 Å². The molecule has 3 N–H and O–H groups in total. The Morgan fingerprint density at radius 3 is 2.51 bits per heavy atom. The van der Waals surface area contributed by atoms with Crippen molar-refractivity contribution in [3.05, 3.63) is 82.7 Å². The minimum Gasteiger partial charge on any atom is -0.435 e. The molecule has 2 heterocycles. The predicted molar refractivity (Wildman–Crippen MR) is 127 cm³/mol. The Bertz CT molecular complexity index is 1120. The fourth-order valence-electron chi connectivity index (χ4n) is 4.50. The number of hydrogen-bond donors (Lipinski definition) is 3. The number of nitrogens with one attached hydrogen (secondary N) is 2. The zero-order chi connectivity index (χ0) is 24.9. The minimum absolute atomic E-state index is 0.0654. The van der Waals surface area contributed by atoms with Crippen LogP contribution in [-0.4, -0.2) is 51.9 Å². The Hall–Kier alpha value is -3.30. The van der Waals surface area contributed by atoms with Crippen LogP contribution in [0.1, 0.15) is 51.8 Å². The van der Waals surface area contributed by atoms with Crippen molar-refractivity contribution in [2.24, 2.45) is 0 Å². The Balaban J connectivity index is 1.28. The molecule has 0 bridgehead atoms. The highest BCUT2D eigenvalue weighted by molar-refractivity contribution is 5.94. The van der Waals surface area contributed by atoms with E-state index < -0.39 is 12.7 Å². The van der Waals surface area contributed by atoms with Crippen LogP contribution in [0.5, 0.6) is 5.75 Å². The number of nitrogens with zero attached hydrogens (tertiary/aromatic N) is 2. The number of aliphatic hydroxyl groups excluding tert-OH is 1. The van der Waals surface area contributed by atoms with E-state index in [-0.39, 0.29) is 23.7 Å². The van der Waals surface area contributed by atoms with Crippen molar-refractivity contribution in [1.82, 2.24) is 20.4 Å². The molecule has 1 saturated heterocycles. The van der Waals surface area contributed by atoms with Gasteiger partial charge in [0.05, 0.1) is 18.3 Å². The van der Waals surface area contributed by atoms with Crippen molar-refractivity contribution < 1.29 is 23.4 Å². The van der Waals surface area contributed by atoms with E-state index in [2.05, 4.69) is 20.3 Å². The van der Waals surface area contributed by atoms with Gasteiger partial charge >= 0.3 is 6.61 Å². The Kier molecular flexibility index (Phi) is 7.77. The molecule has 3 aromatic rings. The first-order chi connectivity index (χ1) is 16.8. The van der Waals surface area contributed by atoms with Crippen LogP contribution in [0.15, 0.2) is 54.6 Å². The number of aromatic nitrogens is 2. The van der Waals surface area contributed by atoms with Crippen LogP contribution >= 0.6 is 0 Å². The molecule has 0 aliphatic carbocycles. The van der Waals surface area contributed by atoms with Crippen molar-refractivity contribution in [3.63, 3.8) is 0 Å². The van der Waals surface area contributed by atoms with Gasteiger partial charge in [-0.2, -0.15) is 13.9 Å². The number of alkyl halides is 2. The summed E-state index contributed by atoms with van der Waals surface area (Å²) in [5.41, 5.74) is 4.15. The van der Waals surface area contributed by atoms with Gasteiger partial charge in [0.25, 0.3) is 5.91 Å². The normalized spacial score (nSPS) is 18.6. The second-order valence-corrected chi connectivity index (χ2v) is 9.04. The van der Waals surface area contributed by atoms with E-state index in [1.807, 2.05) is 37.3 Å². The zero-order valence-corrected chi connectivity index (χ0v) is 19.7. The van der Waals surface area contributed by atoms with Crippen LogP contribution in [-0.2, 0) is 13.0 Å². The highest BCUT2D eigenvalue weighted by Gasteiger charge is 2.30. The average Bonchev–Trinajstić information content (AvgIpc) is 3.47. The molecule has 186 valence electrons. The van der Waals surface area contributed by atoms with Crippen molar-refractivity contribution >= 4 is 5.91 Å². The molecule has 7 nitrogen and oxygen atoms in total. The number of aliphatic hydroxyl groups is 1. The topological polar surface area (TPSA) is 90.5 Å². The summed E-state index contributed by atoms with van der Waals surface area (Å²) in [6, 6.07) is 15.7. The Morgan fingerprint density at radius 1 is 1.17 bits per heavy atom. The fraction of sp³-hybridized carbons (Fsp3) is 0.385. The molecule has 2 aromatic carbocycles. The maximum atomic E-state index is 12.7. The van der Waals surface area contributed by atoms with Gasteiger partial charge in [0, 0.05) is 30.4 Å². The fourth-order valence-corrected chi connectivity index (χ4v) is 4.50. The first-order valence-corrected chi connectivity index (χ1v) is 11.6. The van der Waals surface area contributed by atoms with Gasteiger partial charge in [0.2, 0.25) is 0 Å². The molecule has 1 aliphatic rings. The molecule has 0 radical (unpaired) electrons. The lowest BCUT2D eigenvalue weighted by Crippen LogP contribution is -2.35. The van der Waals surface area contributed by atoms with Crippen molar-refractivity contribution in [2.45, 2.75) is 57.5 Å². The lowest BCUT2D eigenvalue weighted by molar-refractivity contribution is -0.0498. The van der Waals surface area contributed by atoms with E-state index >= 15 is 0 Å². The summed E-state index contributed by atoms with van der Waals surface area (Å²) in [6.07, 6.45) is 1.74. The van der Waals surface area contributed by atoms with Gasteiger partial charge in [0.15, 0.2) is 0 Å². The lowest BCUT2D eigenvalue weighted by Gasteiger charge is -2.21. The van der Waals surface area contributed by atoms with Gasteiger partial charge in [-0.1, -0.05) is 24.3 Å². The van der Waals surface area contributed by atoms with Crippen molar-refractivity contribution in [1.29, 1.82) is 0 Å². The van der Waals surface area contributed by atoms with E-state index in [1.54, 1.807) is 24.1 Å². The number of aromatic amines is 1. The largest absolute Gasteiger partial charge is 0.435 e. The van der Waals surface area contributed by atoms with Crippen LogP contribution in [0.3, 0.4) is 0 Å². The number of hydrogen-bond acceptors (Lipinski definition) is 5. The number of aryl methyl sites for hydroxylation is 1. The first-order valence-electron chi connectivity index (χ1n) is 11.6. The van der Waals surface area contributed by atoms with Gasteiger partial charge in [-0.25, -0.2) is 0 Å². The molecule has 0 spiro atoms. The first kappa shape index (κ1) is 24.8. The van der Waals surface area contributed by atoms with E-state index in [1.165, 1.54) is 12.1 Å². The monoisotopic (exact) mass is 484 g/mol. The summed E-state index contributed by atoms with van der Waals surface area (Å²) in [5, 5.41) is 21.3. The second kappa shape index (κ2) is 11.0. The molecule has 3 atom stereocenters. The molecule has 1 amide bonds. The summed E-state index contributed by atoms with van der Waals surface area (Å²) in [7, 11) is 1.76. The second-order valence-electron chi connectivity index (χ2n) is 9.04. The lowest BCUT2D eigenvalue weighted by atomic mass is 10.0. The number of halogens is 2. The van der Waals surface area contributed by atoms with E-state index in [9.17, 15) is 18.7 Å². The average molecular weight is 485 g/mol. The Labute approximate surface area is 203 Å². The third-order valence-corrected chi connectivity index (χ3v) is 6.29. The molecular formula is C26H30F2N4O3. The van der Waals surface area contributed by atoms with Crippen LogP contribution in [0.4, 0.5) is 8.78 Å². The molecule has 1 aromatic heterocycles. The van der Waals surface area contributed by atoms with Gasteiger partial charge in [0.1, 0.15) is 5.75 Å². The number of benzene rings is 2. The third-order valence-electron chi connectivity index (χ3n) is 6.29. The number of H-pyrrole nitrogens is 1. The molecule has 1 unspecified atom stereocenters. The van der Waals surface area contributed by atoms with E-state index in [4.69, 9.17) is 0 Å². The summed E-state index contributed by atoms with van der Waals surface area (Å²) in [4.78, 5) is 14.4. The molecule has 1 fully saturated rings. The summed E-state index contributed by atoms with van der Waals surface area (Å²) in [5.74, 6) is 0.00177.